The molecular weight excluding hydrogens is 328 g/mol. The number of halogens is 1. The maximum absolute atomic E-state index is 12.1. The van der Waals surface area contributed by atoms with E-state index in [0.29, 0.717) is 10.9 Å². The van der Waals surface area contributed by atoms with Crippen LogP contribution in [0.2, 0.25) is 5.02 Å². The van der Waals surface area contributed by atoms with Gasteiger partial charge in [0.05, 0.1) is 13.2 Å². The number of hydrogen-bond donors (Lipinski definition) is 1. The minimum atomic E-state index is -1.93. The highest BCUT2D eigenvalue weighted by Gasteiger charge is 2.46. The van der Waals surface area contributed by atoms with E-state index in [9.17, 15) is 9.90 Å². The molecule has 3 rings (SSSR count). The highest BCUT2D eigenvalue weighted by Crippen LogP contribution is 2.29. The second-order valence-corrected chi connectivity index (χ2v) is 5.84. The average molecular weight is 345 g/mol. The van der Waals surface area contributed by atoms with E-state index in [1.165, 1.54) is 0 Å². The topological polar surface area (TPSA) is 62.1 Å². The third-order valence-electron chi connectivity index (χ3n) is 3.70. The predicted octanol–water partition coefficient (Wildman–Crippen LogP) is 2.86. The lowest BCUT2D eigenvalue weighted by Crippen LogP contribution is -2.43. The van der Waals surface area contributed by atoms with Gasteiger partial charge in [0.1, 0.15) is 5.84 Å². The summed E-state index contributed by atoms with van der Waals surface area (Å²) in [7, 11) is 0. The molecule has 24 heavy (non-hydrogen) atoms. The molecule has 1 aliphatic rings. The Morgan fingerprint density at radius 2 is 1.92 bits per heavy atom. The van der Waals surface area contributed by atoms with Crippen LogP contribution in [0.15, 0.2) is 59.6 Å². The standard InChI is InChI=1S/C18H17ClN2O3/c1-2-24-17(22)18(23)12-21(15-6-4-3-5-7-15)16(20-18)13-8-10-14(19)11-9-13/h3-11,23H,2,12H2,1H3. The maximum atomic E-state index is 12.1. The van der Waals surface area contributed by atoms with Gasteiger partial charge in [-0.2, -0.15) is 0 Å². The number of carbonyl (C=O) groups excluding carboxylic acids is 1. The number of ether oxygens (including phenoxy) is 1. The smallest absolute Gasteiger partial charge is 0.363 e. The van der Waals surface area contributed by atoms with Crippen molar-refractivity contribution in [3.63, 3.8) is 0 Å². The Bertz CT molecular complexity index is 762. The van der Waals surface area contributed by atoms with Crippen LogP contribution in [0.3, 0.4) is 0 Å². The van der Waals surface area contributed by atoms with Crippen LogP contribution in [0, 0.1) is 0 Å². The van der Waals surface area contributed by atoms with E-state index in [1.54, 1.807) is 36.1 Å². The van der Waals surface area contributed by atoms with E-state index >= 15 is 0 Å². The van der Waals surface area contributed by atoms with Gasteiger partial charge < -0.3 is 14.7 Å². The van der Waals surface area contributed by atoms with E-state index in [2.05, 4.69) is 4.99 Å². The van der Waals surface area contributed by atoms with E-state index in [-0.39, 0.29) is 13.2 Å². The second-order valence-electron chi connectivity index (χ2n) is 5.40. The number of para-hydroxylation sites is 1. The monoisotopic (exact) mass is 344 g/mol. The molecule has 0 bridgehead atoms. The number of rotatable bonds is 4. The highest BCUT2D eigenvalue weighted by molar-refractivity contribution is 6.30. The van der Waals surface area contributed by atoms with Crippen molar-refractivity contribution >= 4 is 29.1 Å². The molecule has 1 aliphatic heterocycles. The van der Waals surface area contributed by atoms with Crippen LogP contribution in [0.1, 0.15) is 12.5 Å². The fourth-order valence-electron chi connectivity index (χ4n) is 2.56. The predicted molar refractivity (Wildman–Crippen MR) is 93.4 cm³/mol. The number of nitrogens with zero attached hydrogens (tertiary/aromatic N) is 2. The Morgan fingerprint density at radius 1 is 1.25 bits per heavy atom. The summed E-state index contributed by atoms with van der Waals surface area (Å²) in [4.78, 5) is 18.2. The zero-order chi connectivity index (χ0) is 17.2. The van der Waals surface area contributed by atoms with Crippen molar-refractivity contribution in [1.29, 1.82) is 0 Å². The van der Waals surface area contributed by atoms with Crippen LogP contribution < -0.4 is 4.90 Å². The number of aliphatic imine (C=N–C) groups is 1. The molecule has 0 radical (unpaired) electrons. The van der Waals surface area contributed by atoms with Crippen molar-refractivity contribution in [3.8, 4) is 0 Å². The van der Waals surface area contributed by atoms with Crippen LogP contribution in [0.4, 0.5) is 5.69 Å². The normalized spacial score (nSPS) is 20.0. The zero-order valence-electron chi connectivity index (χ0n) is 13.1. The van der Waals surface area contributed by atoms with Crippen LogP contribution in [-0.2, 0) is 9.53 Å². The third-order valence-corrected chi connectivity index (χ3v) is 3.95. The molecule has 0 aliphatic carbocycles. The molecular formula is C18H17ClN2O3. The minimum Gasteiger partial charge on any atom is -0.462 e. The van der Waals surface area contributed by atoms with Gasteiger partial charge in [-0.15, -0.1) is 0 Å². The summed E-state index contributed by atoms with van der Waals surface area (Å²) < 4.78 is 4.97. The molecule has 2 aromatic carbocycles. The fourth-order valence-corrected chi connectivity index (χ4v) is 2.69. The van der Waals surface area contributed by atoms with Gasteiger partial charge >= 0.3 is 5.97 Å². The Kier molecular flexibility index (Phi) is 4.55. The summed E-state index contributed by atoms with van der Waals surface area (Å²) in [5.74, 6) is -0.261. The summed E-state index contributed by atoms with van der Waals surface area (Å²) in [5.41, 5.74) is -0.351. The Morgan fingerprint density at radius 3 is 2.54 bits per heavy atom. The molecule has 6 heteroatoms. The number of β-amino-alcohol motifs (C(OH)–C–C–N with tert-alkyl or cyclic N) is 1. The van der Waals surface area contributed by atoms with Crippen molar-refractivity contribution in [2.24, 2.45) is 4.99 Å². The largest absolute Gasteiger partial charge is 0.462 e. The van der Waals surface area contributed by atoms with Gasteiger partial charge in [0, 0.05) is 16.3 Å². The molecule has 2 aromatic rings. The summed E-state index contributed by atoms with van der Waals surface area (Å²) in [6.07, 6.45) is 0. The Balaban J connectivity index is 2.04. The summed E-state index contributed by atoms with van der Waals surface area (Å²) in [6.45, 7) is 1.86. The molecule has 0 saturated carbocycles. The second kappa shape index (κ2) is 6.63. The number of aliphatic hydroxyl groups is 1. The zero-order valence-corrected chi connectivity index (χ0v) is 13.9. The SMILES string of the molecule is CCOC(=O)C1(O)CN(c2ccccc2)C(c2ccc(Cl)cc2)=N1. The minimum absolute atomic E-state index is 0.00614. The van der Waals surface area contributed by atoms with Gasteiger partial charge in [0.2, 0.25) is 0 Å². The molecule has 0 amide bonds. The molecule has 1 atom stereocenters. The molecule has 0 fully saturated rings. The average Bonchev–Trinajstić information content (AvgIpc) is 2.96. The van der Waals surface area contributed by atoms with Crippen LogP contribution in [0.25, 0.3) is 0 Å². The summed E-state index contributed by atoms with van der Waals surface area (Å²) in [5, 5.41) is 11.3. The maximum Gasteiger partial charge on any atom is 0.363 e. The van der Waals surface area contributed by atoms with Crippen LogP contribution in [0.5, 0.6) is 0 Å². The molecule has 0 aromatic heterocycles. The van der Waals surface area contributed by atoms with Gasteiger partial charge in [-0.1, -0.05) is 29.8 Å². The van der Waals surface area contributed by atoms with Crippen molar-refractivity contribution in [3.05, 3.63) is 65.2 Å². The Hall–Kier alpha value is -2.37. The highest BCUT2D eigenvalue weighted by atomic mass is 35.5. The van der Waals surface area contributed by atoms with Crippen molar-refractivity contribution in [1.82, 2.24) is 0 Å². The lowest BCUT2D eigenvalue weighted by atomic mass is 10.1. The van der Waals surface area contributed by atoms with Gasteiger partial charge in [0.15, 0.2) is 0 Å². The first-order valence-electron chi connectivity index (χ1n) is 7.61. The van der Waals surface area contributed by atoms with Crippen LogP contribution in [-0.4, -0.2) is 35.8 Å². The van der Waals surface area contributed by atoms with Gasteiger partial charge in [-0.3, -0.25) is 0 Å². The number of esters is 1. The first-order chi connectivity index (χ1) is 11.5. The van der Waals surface area contributed by atoms with E-state index < -0.39 is 11.7 Å². The molecule has 1 heterocycles. The number of benzene rings is 2. The lowest BCUT2D eigenvalue weighted by molar-refractivity contribution is -0.162. The van der Waals surface area contributed by atoms with Gasteiger partial charge in [-0.25, -0.2) is 9.79 Å². The molecule has 1 N–H and O–H groups in total. The lowest BCUT2D eigenvalue weighted by Gasteiger charge is -2.23. The van der Waals surface area contributed by atoms with Crippen molar-refractivity contribution < 1.29 is 14.6 Å². The van der Waals surface area contributed by atoms with Crippen molar-refractivity contribution in [2.45, 2.75) is 12.6 Å². The number of amidine groups is 1. The third kappa shape index (κ3) is 3.13. The fraction of sp³-hybridized carbons (Fsp3) is 0.222. The summed E-state index contributed by atoms with van der Waals surface area (Å²) in [6, 6.07) is 16.5. The van der Waals surface area contributed by atoms with Gasteiger partial charge in [-0.05, 0) is 43.3 Å². The Labute approximate surface area is 145 Å². The van der Waals surface area contributed by atoms with Gasteiger partial charge in [0.25, 0.3) is 5.72 Å². The quantitative estimate of drug-likeness (QED) is 0.866. The first kappa shape index (κ1) is 16.5. The number of carbonyl (C=O) groups is 1. The first-order valence-corrected chi connectivity index (χ1v) is 7.99. The summed E-state index contributed by atoms with van der Waals surface area (Å²) >= 11 is 5.94. The van der Waals surface area contributed by atoms with Crippen LogP contribution >= 0.6 is 11.6 Å². The van der Waals surface area contributed by atoms with E-state index in [0.717, 1.165) is 11.3 Å². The van der Waals surface area contributed by atoms with Crippen molar-refractivity contribution in [2.75, 3.05) is 18.1 Å². The van der Waals surface area contributed by atoms with E-state index in [1.807, 2.05) is 30.3 Å². The molecule has 1 unspecified atom stereocenters. The van der Waals surface area contributed by atoms with E-state index in [4.69, 9.17) is 16.3 Å². The molecule has 5 nitrogen and oxygen atoms in total. The molecule has 124 valence electrons. The molecule has 0 saturated heterocycles. The number of anilines is 1. The number of hydrogen-bond acceptors (Lipinski definition) is 5. The molecule has 0 spiro atoms.